The summed E-state index contributed by atoms with van der Waals surface area (Å²) in [4.78, 5) is 0. The van der Waals surface area contributed by atoms with Crippen LogP contribution in [-0.2, 0) is 9.47 Å². The summed E-state index contributed by atoms with van der Waals surface area (Å²) in [5, 5.41) is 13.7. The van der Waals surface area contributed by atoms with Gasteiger partial charge in [-0.3, -0.25) is 0 Å². The number of ether oxygens (including phenoxy) is 2. The SMILES string of the molecule is COCC(CCCN)NCC1(O)CCOC1C. The highest BCUT2D eigenvalue weighted by Gasteiger charge is 2.39. The first kappa shape index (κ1) is 14.9. The molecule has 1 rings (SSSR count). The summed E-state index contributed by atoms with van der Waals surface area (Å²) in [5.74, 6) is 0. The molecule has 0 aromatic carbocycles. The van der Waals surface area contributed by atoms with Crippen molar-refractivity contribution in [2.24, 2.45) is 5.73 Å². The first-order chi connectivity index (χ1) is 8.12. The molecule has 1 heterocycles. The van der Waals surface area contributed by atoms with Crippen molar-refractivity contribution in [3.63, 3.8) is 0 Å². The largest absolute Gasteiger partial charge is 0.386 e. The molecule has 0 spiro atoms. The van der Waals surface area contributed by atoms with Crippen LogP contribution in [0.2, 0.25) is 0 Å². The molecule has 102 valence electrons. The van der Waals surface area contributed by atoms with Gasteiger partial charge in [-0.15, -0.1) is 0 Å². The second-order valence-corrected chi connectivity index (χ2v) is 4.83. The third-order valence-corrected chi connectivity index (χ3v) is 3.48. The maximum absolute atomic E-state index is 10.3. The molecule has 5 heteroatoms. The summed E-state index contributed by atoms with van der Waals surface area (Å²) in [5.41, 5.74) is 4.76. The van der Waals surface area contributed by atoms with E-state index in [1.54, 1.807) is 7.11 Å². The normalized spacial score (nSPS) is 30.7. The molecule has 0 aromatic rings. The van der Waals surface area contributed by atoms with Gasteiger partial charge in [0.1, 0.15) is 5.60 Å². The van der Waals surface area contributed by atoms with Crippen molar-refractivity contribution in [3.05, 3.63) is 0 Å². The zero-order valence-electron chi connectivity index (χ0n) is 10.9. The molecule has 3 unspecified atom stereocenters. The van der Waals surface area contributed by atoms with Crippen LogP contribution in [0, 0.1) is 0 Å². The Morgan fingerprint density at radius 3 is 2.94 bits per heavy atom. The van der Waals surface area contributed by atoms with Gasteiger partial charge in [-0.1, -0.05) is 0 Å². The zero-order chi connectivity index (χ0) is 12.7. The molecule has 0 bridgehead atoms. The highest BCUT2D eigenvalue weighted by Crippen LogP contribution is 2.24. The first-order valence-electron chi connectivity index (χ1n) is 6.39. The van der Waals surface area contributed by atoms with Crippen LogP contribution in [0.15, 0.2) is 0 Å². The van der Waals surface area contributed by atoms with Crippen molar-refractivity contribution in [1.82, 2.24) is 5.32 Å². The van der Waals surface area contributed by atoms with Gasteiger partial charge in [-0.2, -0.15) is 0 Å². The van der Waals surface area contributed by atoms with Gasteiger partial charge in [0, 0.05) is 32.7 Å². The fourth-order valence-corrected chi connectivity index (χ4v) is 2.13. The third kappa shape index (κ3) is 4.52. The van der Waals surface area contributed by atoms with Gasteiger partial charge in [-0.25, -0.2) is 0 Å². The summed E-state index contributed by atoms with van der Waals surface area (Å²) < 4.78 is 10.6. The highest BCUT2D eigenvalue weighted by atomic mass is 16.5. The Bertz CT molecular complexity index is 216. The highest BCUT2D eigenvalue weighted by molar-refractivity contribution is 4.92. The van der Waals surface area contributed by atoms with E-state index in [0.29, 0.717) is 32.7 Å². The monoisotopic (exact) mass is 246 g/mol. The maximum Gasteiger partial charge on any atom is 0.105 e. The molecule has 5 nitrogen and oxygen atoms in total. The smallest absolute Gasteiger partial charge is 0.105 e. The average molecular weight is 246 g/mol. The Labute approximate surface area is 104 Å². The molecule has 17 heavy (non-hydrogen) atoms. The number of nitrogens with one attached hydrogen (secondary N) is 1. The van der Waals surface area contributed by atoms with Crippen LogP contribution in [0.25, 0.3) is 0 Å². The van der Waals surface area contributed by atoms with Crippen LogP contribution in [0.5, 0.6) is 0 Å². The Balaban J connectivity index is 2.34. The van der Waals surface area contributed by atoms with Crippen molar-refractivity contribution in [1.29, 1.82) is 0 Å². The van der Waals surface area contributed by atoms with Gasteiger partial charge in [0.2, 0.25) is 0 Å². The lowest BCUT2D eigenvalue weighted by molar-refractivity contribution is -0.0292. The second-order valence-electron chi connectivity index (χ2n) is 4.83. The van der Waals surface area contributed by atoms with Crippen LogP contribution in [-0.4, -0.2) is 56.3 Å². The zero-order valence-corrected chi connectivity index (χ0v) is 10.9. The van der Waals surface area contributed by atoms with Crippen LogP contribution < -0.4 is 11.1 Å². The molecule has 1 fully saturated rings. The van der Waals surface area contributed by atoms with Gasteiger partial charge in [-0.05, 0) is 26.3 Å². The minimum Gasteiger partial charge on any atom is -0.386 e. The summed E-state index contributed by atoms with van der Waals surface area (Å²) in [6, 6.07) is 0.250. The second kappa shape index (κ2) is 7.28. The number of hydrogen-bond acceptors (Lipinski definition) is 5. The summed E-state index contributed by atoms with van der Waals surface area (Å²) >= 11 is 0. The molecule has 0 amide bonds. The van der Waals surface area contributed by atoms with E-state index in [-0.39, 0.29) is 12.1 Å². The summed E-state index contributed by atoms with van der Waals surface area (Å²) in [6.45, 7) is 4.43. The lowest BCUT2D eigenvalue weighted by atomic mass is 9.96. The van der Waals surface area contributed by atoms with Crippen molar-refractivity contribution in [3.8, 4) is 0 Å². The molecular weight excluding hydrogens is 220 g/mol. The summed E-state index contributed by atoms with van der Waals surface area (Å²) in [6.07, 6.45) is 2.52. The molecular formula is C12H26N2O3. The van der Waals surface area contributed by atoms with E-state index in [4.69, 9.17) is 15.2 Å². The molecule has 0 aliphatic carbocycles. The first-order valence-corrected chi connectivity index (χ1v) is 6.39. The Morgan fingerprint density at radius 1 is 1.65 bits per heavy atom. The maximum atomic E-state index is 10.3. The number of methoxy groups -OCH3 is 1. The molecule has 0 radical (unpaired) electrons. The van der Waals surface area contributed by atoms with E-state index >= 15 is 0 Å². The molecule has 1 saturated heterocycles. The molecule has 0 saturated carbocycles. The Kier molecular flexibility index (Phi) is 6.37. The average Bonchev–Trinajstić information content (AvgIpc) is 2.64. The van der Waals surface area contributed by atoms with Crippen molar-refractivity contribution < 1.29 is 14.6 Å². The predicted octanol–water partition coefficient (Wildman–Crippen LogP) is -0.130. The van der Waals surface area contributed by atoms with Crippen molar-refractivity contribution in [2.45, 2.75) is 43.9 Å². The van der Waals surface area contributed by atoms with E-state index in [2.05, 4.69) is 5.32 Å². The van der Waals surface area contributed by atoms with Crippen LogP contribution in [0.4, 0.5) is 0 Å². The van der Waals surface area contributed by atoms with Gasteiger partial charge in [0.15, 0.2) is 0 Å². The number of aliphatic hydroxyl groups is 1. The quantitative estimate of drug-likeness (QED) is 0.556. The molecule has 0 aromatic heterocycles. The Hall–Kier alpha value is -0.200. The van der Waals surface area contributed by atoms with Gasteiger partial charge < -0.3 is 25.6 Å². The topological polar surface area (TPSA) is 76.7 Å². The van der Waals surface area contributed by atoms with E-state index in [0.717, 1.165) is 12.8 Å². The van der Waals surface area contributed by atoms with E-state index in [9.17, 15) is 5.11 Å². The van der Waals surface area contributed by atoms with E-state index in [1.807, 2.05) is 6.92 Å². The number of hydrogen-bond donors (Lipinski definition) is 3. The number of nitrogens with two attached hydrogens (primary N) is 1. The fourth-order valence-electron chi connectivity index (χ4n) is 2.13. The molecule has 3 atom stereocenters. The van der Waals surface area contributed by atoms with E-state index < -0.39 is 5.60 Å². The third-order valence-electron chi connectivity index (χ3n) is 3.48. The van der Waals surface area contributed by atoms with Gasteiger partial charge in [0.05, 0.1) is 12.7 Å². The van der Waals surface area contributed by atoms with Crippen LogP contribution in [0.1, 0.15) is 26.2 Å². The predicted molar refractivity (Wildman–Crippen MR) is 66.9 cm³/mol. The van der Waals surface area contributed by atoms with E-state index in [1.165, 1.54) is 0 Å². The van der Waals surface area contributed by atoms with Crippen molar-refractivity contribution >= 4 is 0 Å². The van der Waals surface area contributed by atoms with Gasteiger partial charge >= 0.3 is 0 Å². The molecule has 1 aliphatic rings. The Morgan fingerprint density at radius 2 is 2.41 bits per heavy atom. The lowest BCUT2D eigenvalue weighted by Crippen LogP contribution is -2.49. The summed E-state index contributed by atoms with van der Waals surface area (Å²) in [7, 11) is 1.69. The minimum absolute atomic E-state index is 0.104. The standard InChI is InChI=1S/C12H26N2O3/c1-10-12(15,5-7-17-10)9-14-11(8-16-2)4-3-6-13/h10-11,14-15H,3-9,13H2,1-2H3. The minimum atomic E-state index is -0.741. The molecule has 4 N–H and O–H groups in total. The molecule has 1 aliphatic heterocycles. The van der Waals surface area contributed by atoms with Gasteiger partial charge in [0.25, 0.3) is 0 Å². The number of rotatable bonds is 8. The lowest BCUT2D eigenvalue weighted by Gasteiger charge is -2.29. The van der Waals surface area contributed by atoms with Crippen LogP contribution in [0.3, 0.4) is 0 Å². The fraction of sp³-hybridized carbons (Fsp3) is 1.00. The van der Waals surface area contributed by atoms with Crippen LogP contribution >= 0.6 is 0 Å². The van der Waals surface area contributed by atoms with Crippen molar-refractivity contribution in [2.75, 3.05) is 33.4 Å².